The summed E-state index contributed by atoms with van der Waals surface area (Å²) in [6.07, 6.45) is 4.30. The van der Waals surface area contributed by atoms with E-state index in [1.54, 1.807) is 12.1 Å². The third-order valence-electron chi connectivity index (χ3n) is 2.47. The van der Waals surface area contributed by atoms with Gasteiger partial charge in [-0.1, -0.05) is 6.07 Å². The van der Waals surface area contributed by atoms with Gasteiger partial charge in [0.1, 0.15) is 5.76 Å². The maximum Gasteiger partial charge on any atom is 0.336 e. The summed E-state index contributed by atoms with van der Waals surface area (Å²) in [7, 11) is 0. The summed E-state index contributed by atoms with van der Waals surface area (Å²) >= 11 is 0. The average Bonchev–Trinajstić information content (AvgIpc) is 2.88. The Morgan fingerprint density at radius 2 is 2.05 bits per heavy atom. The zero-order valence-corrected chi connectivity index (χ0v) is 9.65. The Labute approximate surface area is 107 Å². The van der Waals surface area contributed by atoms with Gasteiger partial charge in [-0.3, -0.25) is 10.1 Å². The highest BCUT2D eigenvalue weighted by Crippen LogP contribution is 2.25. The number of hydrogen-bond acceptors (Lipinski definition) is 4. The second-order valence-corrected chi connectivity index (χ2v) is 3.65. The number of aromatic carboxylic acids is 1. The zero-order valence-electron chi connectivity index (χ0n) is 9.65. The van der Waals surface area contributed by atoms with Crippen LogP contribution in [0.4, 0.5) is 5.69 Å². The van der Waals surface area contributed by atoms with Crippen molar-refractivity contribution in [2.45, 2.75) is 0 Å². The first-order valence-electron chi connectivity index (χ1n) is 5.32. The number of nitrogens with zero attached hydrogens (tertiary/aromatic N) is 1. The van der Waals surface area contributed by atoms with Crippen molar-refractivity contribution in [3.63, 3.8) is 0 Å². The van der Waals surface area contributed by atoms with Crippen LogP contribution in [0, 0.1) is 10.1 Å². The number of carbonyl (C=O) groups is 1. The second kappa shape index (κ2) is 5.18. The fourth-order valence-corrected chi connectivity index (χ4v) is 1.63. The van der Waals surface area contributed by atoms with E-state index in [1.165, 1.54) is 36.6 Å². The largest absolute Gasteiger partial charge is 0.478 e. The molecule has 96 valence electrons. The van der Waals surface area contributed by atoms with Crippen LogP contribution in [-0.2, 0) is 0 Å². The van der Waals surface area contributed by atoms with Gasteiger partial charge in [0.15, 0.2) is 0 Å². The van der Waals surface area contributed by atoms with Gasteiger partial charge in [-0.2, -0.15) is 0 Å². The Morgan fingerprint density at radius 3 is 2.63 bits per heavy atom. The number of carboxylic acids is 1. The molecule has 0 unspecified atom stereocenters. The molecule has 6 nitrogen and oxygen atoms in total. The van der Waals surface area contributed by atoms with Crippen LogP contribution in [0.25, 0.3) is 12.2 Å². The van der Waals surface area contributed by atoms with Crippen LogP contribution in [0.2, 0.25) is 0 Å². The molecule has 1 N–H and O–H groups in total. The Balaban J connectivity index is 2.52. The molecule has 0 atom stereocenters. The molecule has 0 radical (unpaired) electrons. The van der Waals surface area contributed by atoms with Gasteiger partial charge in [0.05, 0.1) is 22.3 Å². The van der Waals surface area contributed by atoms with Crippen molar-refractivity contribution in [2.75, 3.05) is 0 Å². The van der Waals surface area contributed by atoms with E-state index in [0.29, 0.717) is 5.76 Å². The average molecular weight is 259 g/mol. The van der Waals surface area contributed by atoms with E-state index in [1.807, 2.05) is 0 Å². The lowest BCUT2D eigenvalue weighted by molar-refractivity contribution is -0.385. The summed E-state index contributed by atoms with van der Waals surface area (Å²) < 4.78 is 5.05. The number of hydrogen-bond donors (Lipinski definition) is 1. The first-order valence-corrected chi connectivity index (χ1v) is 5.32. The van der Waals surface area contributed by atoms with E-state index >= 15 is 0 Å². The van der Waals surface area contributed by atoms with E-state index in [2.05, 4.69) is 0 Å². The first-order chi connectivity index (χ1) is 9.09. The molecule has 0 aliphatic heterocycles. The van der Waals surface area contributed by atoms with Crippen molar-refractivity contribution < 1.29 is 19.2 Å². The van der Waals surface area contributed by atoms with Gasteiger partial charge >= 0.3 is 5.97 Å². The molecule has 19 heavy (non-hydrogen) atoms. The van der Waals surface area contributed by atoms with Crippen molar-refractivity contribution in [3.8, 4) is 0 Å². The zero-order chi connectivity index (χ0) is 13.8. The molecule has 0 spiro atoms. The Morgan fingerprint density at radius 1 is 1.26 bits per heavy atom. The van der Waals surface area contributed by atoms with Crippen LogP contribution in [0.3, 0.4) is 0 Å². The topological polar surface area (TPSA) is 93.6 Å². The summed E-state index contributed by atoms with van der Waals surface area (Å²) in [6, 6.07) is 7.24. The molecule has 0 saturated carbocycles. The quantitative estimate of drug-likeness (QED) is 0.672. The third kappa shape index (κ3) is 2.68. The molecule has 0 aliphatic rings. The number of rotatable bonds is 4. The van der Waals surface area contributed by atoms with Crippen LogP contribution in [0.15, 0.2) is 41.0 Å². The molecule has 0 saturated heterocycles. The van der Waals surface area contributed by atoms with Crippen LogP contribution in [0.5, 0.6) is 0 Å². The maximum absolute atomic E-state index is 11.1. The molecule has 0 fully saturated rings. The fraction of sp³-hybridized carbons (Fsp3) is 0. The standard InChI is InChI=1S/C13H9NO5/c15-13(16)11-4-1-5-12(14(17)18)10(11)7-6-9-3-2-8-19-9/h1-8H,(H,15,16). The molecular formula is C13H9NO5. The van der Waals surface area contributed by atoms with Crippen molar-refractivity contribution in [1.82, 2.24) is 0 Å². The SMILES string of the molecule is O=C(O)c1cccc([N+](=O)[O-])c1C=Cc1ccco1. The van der Waals surface area contributed by atoms with Gasteiger partial charge in [-0.15, -0.1) is 0 Å². The van der Waals surface area contributed by atoms with Gasteiger partial charge < -0.3 is 9.52 Å². The van der Waals surface area contributed by atoms with Crippen molar-refractivity contribution in [3.05, 3.63) is 63.6 Å². The van der Waals surface area contributed by atoms with E-state index in [-0.39, 0.29) is 16.8 Å². The second-order valence-electron chi connectivity index (χ2n) is 3.65. The number of nitro benzene ring substituents is 1. The first kappa shape index (κ1) is 12.6. The molecule has 1 aromatic carbocycles. The lowest BCUT2D eigenvalue weighted by Crippen LogP contribution is -2.02. The number of furan rings is 1. The Hall–Kier alpha value is -2.89. The smallest absolute Gasteiger partial charge is 0.336 e. The van der Waals surface area contributed by atoms with Gasteiger partial charge in [0.2, 0.25) is 0 Å². The van der Waals surface area contributed by atoms with Crippen LogP contribution in [-0.4, -0.2) is 16.0 Å². The molecule has 0 aliphatic carbocycles. The van der Waals surface area contributed by atoms with Crippen molar-refractivity contribution in [1.29, 1.82) is 0 Å². The molecule has 1 heterocycles. The van der Waals surface area contributed by atoms with E-state index in [4.69, 9.17) is 9.52 Å². The molecule has 2 aromatic rings. The number of nitro groups is 1. The molecule has 6 heteroatoms. The minimum absolute atomic E-state index is 0.0383. The minimum atomic E-state index is -1.22. The van der Waals surface area contributed by atoms with Crippen molar-refractivity contribution >= 4 is 23.8 Å². The summed E-state index contributed by atoms with van der Waals surface area (Å²) in [5.74, 6) is -0.739. The van der Waals surface area contributed by atoms with Gasteiger partial charge in [-0.05, 0) is 30.4 Å². The lowest BCUT2D eigenvalue weighted by Gasteiger charge is -2.02. The summed E-state index contributed by atoms with van der Waals surface area (Å²) in [6.45, 7) is 0. The monoisotopic (exact) mass is 259 g/mol. The maximum atomic E-state index is 11.1. The van der Waals surface area contributed by atoms with Gasteiger partial charge in [0, 0.05) is 6.07 Å². The molecule has 0 bridgehead atoms. The predicted octanol–water partition coefficient (Wildman–Crippen LogP) is 3.06. The van der Waals surface area contributed by atoms with Crippen LogP contribution >= 0.6 is 0 Å². The fourth-order valence-electron chi connectivity index (χ4n) is 1.63. The highest BCUT2D eigenvalue weighted by Gasteiger charge is 2.18. The van der Waals surface area contributed by atoms with E-state index in [9.17, 15) is 14.9 Å². The van der Waals surface area contributed by atoms with Gasteiger partial charge in [0.25, 0.3) is 5.69 Å². The molecule has 1 aromatic heterocycles. The van der Waals surface area contributed by atoms with E-state index in [0.717, 1.165) is 0 Å². The Bertz CT molecular complexity index is 611. The highest BCUT2D eigenvalue weighted by molar-refractivity contribution is 5.95. The molecular weight excluding hydrogens is 250 g/mol. The molecule has 0 amide bonds. The minimum Gasteiger partial charge on any atom is -0.478 e. The normalized spacial score (nSPS) is 10.7. The van der Waals surface area contributed by atoms with Crippen LogP contribution < -0.4 is 0 Å². The third-order valence-corrected chi connectivity index (χ3v) is 2.47. The van der Waals surface area contributed by atoms with E-state index < -0.39 is 10.9 Å². The van der Waals surface area contributed by atoms with Crippen LogP contribution in [0.1, 0.15) is 21.7 Å². The molecule has 2 rings (SSSR count). The Kier molecular flexibility index (Phi) is 3.42. The summed E-state index contributed by atoms with van der Waals surface area (Å²) in [5.41, 5.74) is -0.351. The number of benzene rings is 1. The summed E-state index contributed by atoms with van der Waals surface area (Å²) in [5, 5.41) is 20.0. The number of carboxylic acid groups (broad SMARTS) is 1. The van der Waals surface area contributed by atoms with Gasteiger partial charge in [-0.25, -0.2) is 4.79 Å². The lowest BCUT2D eigenvalue weighted by atomic mass is 10.0. The van der Waals surface area contributed by atoms with Crippen molar-refractivity contribution in [2.24, 2.45) is 0 Å². The predicted molar refractivity (Wildman–Crippen MR) is 67.7 cm³/mol. The summed E-state index contributed by atoms with van der Waals surface area (Å²) in [4.78, 5) is 21.4. The highest BCUT2D eigenvalue weighted by atomic mass is 16.6.